The fourth-order valence-electron chi connectivity index (χ4n) is 3.60. The molecule has 24 heavy (non-hydrogen) atoms. The summed E-state index contributed by atoms with van der Waals surface area (Å²) in [6, 6.07) is 1.22. The van der Waals surface area contributed by atoms with Crippen LogP contribution in [0, 0.1) is 0 Å². The largest absolute Gasteiger partial charge is 0.355 e. The molecule has 0 aliphatic carbocycles. The molecule has 0 aromatic heterocycles. The second-order valence-corrected chi connectivity index (χ2v) is 7.55. The van der Waals surface area contributed by atoms with Crippen molar-refractivity contribution in [2.24, 2.45) is 4.99 Å². The number of guanidine groups is 1. The molecule has 0 unspecified atom stereocenters. The average molecular weight is 339 g/mol. The molecule has 2 rings (SSSR count). The fourth-order valence-corrected chi connectivity index (χ4v) is 3.60. The number of likely N-dealkylation sites (tertiary alicyclic amines) is 1. The second kappa shape index (κ2) is 10.2. The number of nitrogens with zero attached hydrogens (tertiary/aromatic N) is 4. The minimum Gasteiger partial charge on any atom is -0.355 e. The molecular formula is C18H38N6. The topological polar surface area (TPSA) is 46.1 Å². The zero-order valence-electron chi connectivity index (χ0n) is 16.2. The maximum absolute atomic E-state index is 4.40. The third kappa shape index (κ3) is 6.57. The lowest BCUT2D eigenvalue weighted by Gasteiger charge is -2.35. The van der Waals surface area contributed by atoms with Gasteiger partial charge in [0.05, 0.1) is 0 Å². The second-order valence-electron chi connectivity index (χ2n) is 7.55. The predicted octanol–water partition coefficient (Wildman–Crippen LogP) is 0.662. The Labute approximate surface area is 148 Å². The van der Waals surface area contributed by atoms with E-state index in [2.05, 4.69) is 51.2 Å². The lowest BCUT2D eigenvalue weighted by molar-refractivity contribution is 0.167. The Balaban J connectivity index is 1.64. The molecule has 0 bridgehead atoms. The molecule has 2 aliphatic rings. The first-order valence-corrected chi connectivity index (χ1v) is 9.70. The van der Waals surface area contributed by atoms with E-state index in [1.54, 1.807) is 0 Å². The first kappa shape index (κ1) is 19.5. The summed E-state index contributed by atoms with van der Waals surface area (Å²) < 4.78 is 0. The maximum Gasteiger partial charge on any atom is 0.191 e. The minimum atomic E-state index is 0.554. The Hall–Kier alpha value is -0.850. The Morgan fingerprint density at radius 3 is 2.50 bits per heavy atom. The molecule has 2 heterocycles. The van der Waals surface area contributed by atoms with Crippen molar-refractivity contribution in [3.05, 3.63) is 0 Å². The number of likely N-dealkylation sites (N-methyl/N-ethyl adjacent to an activating group) is 1. The van der Waals surface area contributed by atoms with Crippen LogP contribution < -0.4 is 10.6 Å². The summed E-state index contributed by atoms with van der Waals surface area (Å²) in [5, 5.41) is 7.11. The van der Waals surface area contributed by atoms with E-state index < -0.39 is 0 Å². The highest BCUT2D eigenvalue weighted by atomic mass is 15.2. The number of piperidine rings is 1. The first-order valence-electron chi connectivity index (χ1n) is 9.70. The molecule has 2 saturated heterocycles. The van der Waals surface area contributed by atoms with Gasteiger partial charge < -0.3 is 25.3 Å². The van der Waals surface area contributed by atoms with Crippen molar-refractivity contribution in [1.29, 1.82) is 0 Å². The summed E-state index contributed by atoms with van der Waals surface area (Å²) in [4.78, 5) is 12.0. The van der Waals surface area contributed by atoms with Gasteiger partial charge in [-0.3, -0.25) is 4.99 Å². The van der Waals surface area contributed by atoms with E-state index in [9.17, 15) is 0 Å². The molecule has 2 aliphatic heterocycles. The zero-order chi connectivity index (χ0) is 17.4. The van der Waals surface area contributed by atoms with E-state index in [1.807, 2.05) is 7.05 Å². The van der Waals surface area contributed by atoms with Crippen LogP contribution in [0.1, 0.15) is 33.1 Å². The van der Waals surface area contributed by atoms with Crippen LogP contribution in [0.15, 0.2) is 4.99 Å². The van der Waals surface area contributed by atoms with Crippen molar-refractivity contribution >= 4 is 5.96 Å². The Morgan fingerprint density at radius 2 is 1.83 bits per heavy atom. The third-order valence-corrected chi connectivity index (χ3v) is 5.36. The maximum atomic E-state index is 4.40. The van der Waals surface area contributed by atoms with Crippen molar-refractivity contribution in [2.75, 3.05) is 66.5 Å². The van der Waals surface area contributed by atoms with Crippen LogP contribution in [0.4, 0.5) is 0 Å². The van der Waals surface area contributed by atoms with Crippen LogP contribution in [-0.2, 0) is 0 Å². The van der Waals surface area contributed by atoms with Gasteiger partial charge in [-0.15, -0.1) is 0 Å². The molecule has 0 radical (unpaired) electrons. The summed E-state index contributed by atoms with van der Waals surface area (Å²) in [5.41, 5.74) is 0. The van der Waals surface area contributed by atoms with Crippen molar-refractivity contribution in [3.8, 4) is 0 Å². The Bertz CT molecular complexity index is 376. The zero-order valence-corrected chi connectivity index (χ0v) is 16.2. The summed E-state index contributed by atoms with van der Waals surface area (Å²) in [6.07, 6.45) is 3.69. The molecule has 2 fully saturated rings. The van der Waals surface area contributed by atoms with Crippen LogP contribution in [0.5, 0.6) is 0 Å². The van der Waals surface area contributed by atoms with Gasteiger partial charge in [0.15, 0.2) is 5.96 Å². The van der Waals surface area contributed by atoms with Gasteiger partial charge in [-0.05, 0) is 53.2 Å². The monoisotopic (exact) mass is 338 g/mol. The van der Waals surface area contributed by atoms with Crippen molar-refractivity contribution < 1.29 is 0 Å². The van der Waals surface area contributed by atoms with Gasteiger partial charge in [0, 0.05) is 58.4 Å². The lowest BCUT2D eigenvalue weighted by Crippen LogP contribution is -2.50. The predicted molar refractivity (Wildman–Crippen MR) is 103 cm³/mol. The molecule has 140 valence electrons. The number of aliphatic imine (C=N–C) groups is 1. The highest BCUT2D eigenvalue weighted by molar-refractivity contribution is 5.79. The molecule has 0 aromatic carbocycles. The summed E-state index contributed by atoms with van der Waals surface area (Å²) in [6.45, 7) is 13.8. The SMILES string of the molecule is CN=C(NCCN1CCCN(C)CC1)NC1CCN(C(C)C)CC1. The molecule has 0 amide bonds. The standard InChI is InChI=1S/C18H38N6/c1-16(2)24-11-6-17(7-12-24)21-18(19-3)20-8-13-23-10-5-9-22(4)14-15-23/h16-17H,5-15H2,1-4H3,(H2,19,20,21). The molecule has 0 aromatic rings. The quantitative estimate of drug-likeness (QED) is 0.570. The van der Waals surface area contributed by atoms with E-state index >= 15 is 0 Å². The molecule has 0 spiro atoms. The van der Waals surface area contributed by atoms with Crippen LogP contribution >= 0.6 is 0 Å². The minimum absolute atomic E-state index is 0.554. The van der Waals surface area contributed by atoms with Gasteiger partial charge >= 0.3 is 0 Å². The van der Waals surface area contributed by atoms with E-state index in [0.29, 0.717) is 12.1 Å². The van der Waals surface area contributed by atoms with Gasteiger partial charge in [0.2, 0.25) is 0 Å². The van der Waals surface area contributed by atoms with E-state index in [4.69, 9.17) is 0 Å². The van der Waals surface area contributed by atoms with Crippen molar-refractivity contribution in [3.63, 3.8) is 0 Å². The highest BCUT2D eigenvalue weighted by Crippen LogP contribution is 2.12. The van der Waals surface area contributed by atoms with Gasteiger partial charge in [0.1, 0.15) is 0 Å². The third-order valence-electron chi connectivity index (χ3n) is 5.36. The summed E-state index contributed by atoms with van der Waals surface area (Å²) in [7, 11) is 4.09. The normalized spacial score (nSPS) is 23.5. The van der Waals surface area contributed by atoms with Gasteiger partial charge in [-0.2, -0.15) is 0 Å². The molecule has 0 atom stereocenters. The van der Waals surface area contributed by atoms with Crippen LogP contribution in [0.2, 0.25) is 0 Å². The van der Waals surface area contributed by atoms with Crippen LogP contribution in [0.25, 0.3) is 0 Å². The smallest absolute Gasteiger partial charge is 0.191 e. The van der Waals surface area contributed by atoms with E-state index in [-0.39, 0.29) is 0 Å². The molecule has 6 nitrogen and oxygen atoms in total. The van der Waals surface area contributed by atoms with Gasteiger partial charge in [-0.1, -0.05) is 0 Å². The number of rotatable bonds is 5. The van der Waals surface area contributed by atoms with Crippen LogP contribution in [-0.4, -0.2) is 99.2 Å². The molecule has 0 saturated carbocycles. The van der Waals surface area contributed by atoms with Gasteiger partial charge in [0.25, 0.3) is 0 Å². The van der Waals surface area contributed by atoms with Gasteiger partial charge in [-0.25, -0.2) is 0 Å². The van der Waals surface area contributed by atoms with Crippen molar-refractivity contribution in [2.45, 2.75) is 45.2 Å². The number of hydrogen-bond donors (Lipinski definition) is 2. The molecule has 2 N–H and O–H groups in total. The fraction of sp³-hybridized carbons (Fsp3) is 0.944. The molecule has 6 heteroatoms. The molecular weight excluding hydrogens is 300 g/mol. The average Bonchev–Trinajstić information content (AvgIpc) is 2.79. The number of nitrogens with one attached hydrogen (secondary N) is 2. The van der Waals surface area contributed by atoms with Crippen molar-refractivity contribution in [1.82, 2.24) is 25.3 Å². The Morgan fingerprint density at radius 1 is 1.08 bits per heavy atom. The highest BCUT2D eigenvalue weighted by Gasteiger charge is 2.21. The summed E-state index contributed by atoms with van der Waals surface area (Å²) in [5.74, 6) is 0.963. The van der Waals surface area contributed by atoms with Crippen LogP contribution in [0.3, 0.4) is 0 Å². The number of hydrogen-bond acceptors (Lipinski definition) is 4. The first-order chi connectivity index (χ1) is 11.6. The summed E-state index contributed by atoms with van der Waals surface area (Å²) >= 11 is 0. The van der Waals surface area contributed by atoms with E-state index in [0.717, 1.165) is 19.0 Å². The Kier molecular flexibility index (Phi) is 8.29. The van der Waals surface area contributed by atoms with E-state index in [1.165, 1.54) is 58.5 Å². The lowest BCUT2D eigenvalue weighted by atomic mass is 10.0.